The van der Waals surface area contributed by atoms with Crippen LogP contribution in [0.5, 0.6) is 0 Å². The highest BCUT2D eigenvalue weighted by molar-refractivity contribution is 9.11. The van der Waals surface area contributed by atoms with E-state index in [9.17, 15) is 9.59 Å². The summed E-state index contributed by atoms with van der Waals surface area (Å²) in [6, 6.07) is 5.33. The molecule has 2 N–H and O–H groups in total. The lowest BCUT2D eigenvalue weighted by Gasteiger charge is -2.16. The number of carboxylic acid groups (broad SMARTS) is 1. The summed E-state index contributed by atoms with van der Waals surface area (Å²) in [5.74, 6) is -1.23. The van der Waals surface area contributed by atoms with Crippen molar-refractivity contribution < 1.29 is 14.7 Å². The van der Waals surface area contributed by atoms with E-state index >= 15 is 0 Å². The van der Waals surface area contributed by atoms with Crippen LogP contribution in [0.15, 0.2) is 27.1 Å². The molecule has 20 heavy (non-hydrogen) atoms. The topological polar surface area (TPSA) is 66.4 Å². The Labute approximate surface area is 134 Å². The molecule has 1 aromatic rings. The SMILES string of the molecule is O=C(NCC1CCCC1C(=O)O)c1cc(Br)cc(Br)c1. The third kappa shape index (κ3) is 3.82. The molecule has 108 valence electrons. The van der Waals surface area contributed by atoms with Crippen molar-refractivity contribution in [1.29, 1.82) is 0 Å². The Balaban J connectivity index is 1.96. The molecule has 4 nitrogen and oxygen atoms in total. The molecule has 1 amide bonds. The molecule has 0 radical (unpaired) electrons. The molecule has 1 aliphatic rings. The van der Waals surface area contributed by atoms with Crippen LogP contribution >= 0.6 is 31.9 Å². The van der Waals surface area contributed by atoms with Crippen molar-refractivity contribution in [2.45, 2.75) is 19.3 Å². The number of halogens is 2. The number of aliphatic carboxylic acids is 1. The number of hydrogen-bond acceptors (Lipinski definition) is 2. The molecule has 1 aliphatic carbocycles. The summed E-state index contributed by atoms with van der Waals surface area (Å²) in [5.41, 5.74) is 0.552. The maximum Gasteiger partial charge on any atom is 0.306 e. The van der Waals surface area contributed by atoms with Crippen molar-refractivity contribution in [2.24, 2.45) is 11.8 Å². The third-order valence-electron chi connectivity index (χ3n) is 3.63. The minimum absolute atomic E-state index is 0.0343. The van der Waals surface area contributed by atoms with Crippen molar-refractivity contribution in [3.05, 3.63) is 32.7 Å². The summed E-state index contributed by atoms with van der Waals surface area (Å²) >= 11 is 6.68. The van der Waals surface area contributed by atoms with Crippen LogP contribution < -0.4 is 5.32 Å². The number of carbonyl (C=O) groups excluding carboxylic acids is 1. The van der Waals surface area contributed by atoms with Crippen molar-refractivity contribution in [2.75, 3.05) is 6.54 Å². The van der Waals surface area contributed by atoms with Gasteiger partial charge in [-0.15, -0.1) is 0 Å². The average molecular weight is 405 g/mol. The highest BCUT2D eigenvalue weighted by atomic mass is 79.9. The van der Waals surface area contributed by atoms with E-state index in [1.165, 1.54) is 0 Å². The predicted octanol–water partition coefficient (Wildman–Crippen LogP) is 3.44. The van der Waals surface area contributed by atoms with Gasteiger partial charge in [-0.25, -0.2) is 0 Å². The summed E-state index contributed by atoms with van der Waals surface area (Å²) in [7, 11) is 0. The number of carbonyl (C=O) groups is 2. The minimum atomic E-state index is -0.757. The van der Waals surface area contributed by atoms with Crippen LogP contribution in [0.2, 0.25) is 0 Å². The van der Waals surface area contributed by atoms with Crippen molar-refractivity contribution >= 4 is 43.7 Å². The van der Waals surface area contributed by atoms with Crippen LogP contribution in [0.3, 0.4) is 0 Å². The van der Waals surface area contributed by atoms with Gasteiger partial charge in [0.15, 0.2) is 0 Å². The van der Waals surface area contributed by atoms with E-state index in [-0.39, 0.29) is 17.7 Å². The fourth-order valence-electron chi connectivity index (χ4n) is 2.62. The Kier molecular flexibility index (Phi) is 5.21. The standard InChI is InChI=1S/C14H15Br2NO3/c15-10-4-9(5-11(16)6-10)13(18)17-7-8-2-1-3-12(8)14(19)20/h4-6,8,12H,1-3,7H2,(H,17,18)(H,19,20). The summed E-state index contributed by atoms with van der Waals surface area (Å²) in [4.78, 5) is 23.2. The van der Waals surface area contributed by atoms with Gasteiger partial charge < -0.3 is 10.4 Å². The summed E-state index contributed by atoms with van der Waals surface area (Å²) in [6.45, 7) is 0.417. The van der Waals surface area contributed by atoms with E-state index in [2.05, 4.69) is 37.2 Å². The molecule has 0 aliphatic heterocycles. The summed E-state index contributed by atoms with van der Waals surface area (Å²) < 4.78 is 1.64. The molecular formula is C14H15Br2NO3. The first-order chi connectivity index (χ1) is 9.47. The first-order valence-electron chi connectivity index (χ1n) is 6.44. The lowest BCUT2D eigenvalue weighted by Crippen LogP contribution is -2.33. The largest absolute Gasteiger partial charge is 0.481 e. The van der Waals surface area contributed by atoms with Gasteiger partial charge in [-0.3, -0.25) is 9.59 Å². The second-order valence-corrected chi connectivity index (χ2v) is 6.84. The van der Waals surface area contributed by atoms with E-state index in [4.69, 9.17) is 5.11 Å². The van der Waals surface area contributed by atoms with Gasteiger partial charge in [0.25, 0.3) is 5.91 Å². The van der Waals surface area contributed by atoms with Gasteiger partial charge in [-0.05, 0) is 37.0 Å². The van der Waals surface area contributed by atoms with Gasteiger partial charge in [0.05, 0.1) is 5.92 Å². The highest BCUT2D eigenvalue weighted by Gasteiger charge is 2.32. The van der Waals surface area contributed by atoms with Gasteiger partial charge >= 0.3 is 5.97 Å². The Bertz CT molecular complexity index is 513. The Morgan fingerprint density at radius 2 is 1.85 bits per heavy atom. The van der Waals surface area contributed by atoms with Gasteiger partial charge in [-0.1, -0.05) is 38.3 Å². The molecular weight excluding hydrogens is 390 g/mol. The van der Waals surface area contributed by atoms with Crippen LogP contribution in [0.4, 0.5) is 0 Å². The molecule has 0 bridgehead atoms. The highest BCUT2D eigenvalue weighted by Crippen LogP contribution is 2.31. The van der Waals surface area contributed by atoms with Crippen molar-refractivity contribution in [1.82, 2.24) is 5.32 Å². The number of amides is 1. The van der Waals surface area contributed by atoms with E-state index in [1.54, 1.807) is 12.1 Å². The normalized spacial score (nSPS) is 21.7. The lowest BCUT2D eigenvalue weighted by molar-refractivity contribution is -0.142. The summed E-state index contributed by atoms with van der Waals surface area (Å²) in [6.07, 6.45) is 2.48. The molecule has 2 atom stereocenters. The fraction of sp³-hybridized carbons (Fsp3) is 0.429. The fourth-order valence-corrected chi connectivity index (χ4v) is 3.91. The van der Waals surface area contributed by atoms with Gasteiger partial charge in [0.1, 0.15) is 0 Å². The second-order valence-electron chi connectivity index (χ2n) is 5.00. The first kappa shape index (κ1) is 15.5. The Hall–Kier alpha value is -0.880. The smallest absolute Gasteiger partial charge is 0.306 e. The molecule has 6 heteroatoms. The van der Waals surface area contributed by atoms with E-state index in [0.29, 0.717) is 18.5 Å². The molecule has 1 saturated carbocycles. The molecule has 1 aromatic carbocycles. The van der Waals surface area contributed by atoms with Gasteiger partial charge in [0.2, 0.25) is 0 Å². The zero-order valence-corrected chi connectivity index (χ0v) is 13.9. The molecule has 1 fully saturated rings. The molecule has 0 spiro atoms. The maximum absolute atomic E-state index is 12.1. The van der Waals surface area contributed by atoms with Crippen LogP contribution in [0.1, 0.15) is 29.6 Å². The molecule has 0 heterocycles. The van der Waals surface area contributed by atoms with Gasteiger partial charge in [0, 0.05) is 21.1 Å². The zero-order valence-electron chi connectivity index (χ0n) is 10.7. The number of hydrogen-bond donors (Lipinski definition) is 2. The van der Waals surface area contributed by atoms with E-state index < -0.39 is 5.97 Å². The number of nitrogens with one attached hydrogen (secondary N) is 1. The lowest BCUT2D eigenvalue weighted by atomic mass is 9.96. The molecule has 2 rings (SSSR count). The number of carboxylic acids is 1. The predicted molar refractivity (Wildman–Crippen MR) is 82.6 cm³/mol. The number of benzene rings is 1. The zero-order chi connectivity index (χ0) is 14.7. The molecule has 0 saturated heterocycles. The van der Waals surface area contributed by atoms with Crippen LogP contribution in [0, 0.1) is 11.8 Å². The van der Waals surface area contributed by atoms with Crippen molar-refractivity contribution in [3.8, 4) is 0 Å². The minimum Gasteiger partial charge on any atom is -0.481 e. The van der Waals surface area contributed by atoms with E-state index in [1.807, 2.05) is 6.07 Å². The third-order valence-corrected chi connectivity index (χ3v) is 4.54. The molecule has 2 unspecified atom stereocenters. The van der Waals surface area contributed by atoms with Crippen LogP contribution in [0.25, 0.3) is 0 Å². The average Bonchev–Trinajstić information content (AvgIpc) is 2.83. The van der Waals surface area contributed by atoms with Crippen molar-refractivity contribution in [3.63, 3.8) is 0 Å². The monoisotopic (exact) mass is 403 g/mol. The second kappa shape index (κ2) is 6.72. The summed E-state index contributed by atoms with van der Waals surface area (Å²) in [5, 5.41) is 11.9. The van der Waals surface area contributed by atoms with Crippen LogP contribution in [-0.2, 0) is 4.79 Å². The quantitative estimate of drug-likeness (QED) is 0.807. The Morgan fingerprint density at radius 3 is 2.45 bits per heavy atom. The van der Waals surface area contributed by atoms with Crippen LogP contribution in [-0.4, -0.2) is 23.5 Å². The first-order valence-corrected chi connectivity index (χ1v) is 8.03. The number of rotatable bonds is 4. The van der Waals surface area contributed by atoms with Gasteiger partial charge in [-0.2, -0.15) is 0 Å². The maximum atomic E-state index is 12.1. The van der Waals surface area contributed by atoms with E-state index in [0.717, 1.165) is 21.8 Å². The molecule has 0 aromatic heterocycles. The Morgan fingerprint density at radius 1 is 1.20 bits per heavy atom.